The lowest BCUT2D eigenvalue weighted by Crippen LogP contribution is -2.15. The third-order valence-corrected chi connectivity index (χ3v) is 4.37. The zero-order valence-electron chi connectivity index (χ0n) is 11.2. The van der Waals surface area contributed by atoms with Gasteiger partial charge in [-0.25, -0.2) is 0 Å². The Hall–Kier alpha value is -1.23. The summed E-state index contributed by atoms with van der Waals surface area (Å²) in [5.74, 6) is -0.155. The second-order valence-electron chi connectivity index (χ2n) is 4.66. The smallest absolute Gasteiger partial charge is 0.228 e. The average molecular weight is 388 g/mol. The molecule has 0 saturated carbocycles. The quantitative estimate of drug-likeness (QED) is 0.741. The molecule has 3 nitrogen and oxygen atoms in total. The molecule has 0 bridgehead atoms. The number of anilines is 2. The van der Waals surface area contributed by atoms with E-state index in [1.54, 1.807) is 24.3 Å². The molecular formula is C15H13BrCl2N2O. The number of halogens is 3. The van der Waals surface area contributed by atoms with Crippen LogP contribution < -0.4 is 11.1 Å². The molecule has 21 heavy (non-hydrogen) atoms. The van der Waals surface area contributed by atoms with Gasteiger partial charge in [0.05, 0.1) is 22.2 Å². The first-order valence-electron chi connectivity index (χ1n) is 6.16. The summed E-state index contributed by atoms with van der Waals surface area (Å²) in [6.07, 6.45) is 0.205. The van der Waals surface area contributed by atoms with Crippen LogP contribution in [0.25, 0.3) is 0 Å². The zero-order valence-corrected chi connectivity index (χ0v) is 14.3. The van der Waals surface area contributed by atoms with Crippen LogP contribution in [0.1, 0.15) is 11.1 Å². The number of nitrogen functional groups attached to an aromatic ring is 1. The molecular weight excluding hydrogens is 375 g/mol. The molecule has 6 heteroatoms. The highest BCUT2D eigenvalue weighted by molar-refractivity contribution is 9.10. The Bertz CT molecular complexity index is 704. The Morgan fingerprint density at radius 2 is 1.95 bits per heavy atom. The van der Waals surface area contributed by atoms with Crippen molar-refractivity contribution >= 4 is 56.4 Å². The van der Waals surface area contributed by atoms with Gasteiger partial charge in [-0.15, -0.1) is 0 Å². The van der Waals surface area contributed by atoms with E-state index >= 15 is 0 Å². The van der Waals surface area contributed by atoms with Crippen LogP contribution in [-0.4, -0.2) is 5.91 Å². The molecule has 0 radical (unpaired) electrons. The molecule has 0 aliphatic carbocycles. The standard InChI is InChI=1S/C15H13BrCl2N2O/c1-8-4-10(16)14(7-13(8)19)20-15(21)6-9-2-3-11(17)12(18)5-9/h2-5,7H,6,19H2,1H3,(H,20,21). The van der Waals surface area contributed by atoms with E-state index < -0.39 is 0 Å². The van der Waals surface area contributed by atoms with Crippen molar-refractivity contribution in [2.24, 2.45) is 0 Å². The lowest BCUT2D eigenvalue weighted by Gasteiger charge is -2.10. The van der Waals surface area contributed by atoms with Crippen molar-refractivity contribution in [3.8, 4) is 0 Å². The molecule has 0 aliphatic heterocycles. The van der Waals surface area contributed by atoms with Crippen LogP contribution in [-0.2, 0) is 11.2 Å². The minimum atomic E-state index is -0.155. The molecule has 0 unspecified atom stereocenters. The number of benzene rings is 2. The van der Waals surface area contributed by atoms with E-state index in [9.17, 15) is 4.79 Å². The molecule has 110 valence electrons. The van der Waals surface area contributed by atoms with E-state index in [0.717, 1.165) is 15.6 Å². The highest BCUT2D eigenvalue weighted by atomic mass is 79.9. The maximum Gasteiger partial charge on any atom is 0.228 e. The largest absolute Gasteiger partial charge is 0.398 e. The van der Waals surface area contributed by atoms with Crippen molar-refractivity contribution in [2.75, 3.05) is 11.1 Å². The Morgan fingerprint density at radius 3 is 2.62 bits per heavy atom. The number of hydrogen-bond acceptors (Lipinski definition) is 2. The van der Waals surface area contributed by atoms with Crippen molar-refractivity contribution in [2.45, 2.75) is 13.3 Å². The maximum absolute atomic E-state index is 12.1. The third-order valence-electron chi connectivity index (χ3n) is 2.98. The van der Waals surface area contributed by atoms with Gasteiger partial charge < -0.3 is 11.1 Å². The van der Waals surface area contributed by atoms with Crippen LogP contribution in [0.5, 0.6) is 0 Å². The van der Waals surface area contributed by atoms with Crippen molar-refractivity contribution in [3.63, 3.8) is 0 Å². The second kappa shape index (κ2) is 6.69. The molecule has 0 atom stereocenters. The number of carbonyl (C=O) groups excluding carboxylic acids is 1. The van der Waals surface area contributed by atoms with E-state index in [1.165, 1.54) is 0 Å². The lowest BCUT2D eigenvalue weighted by atomic mass is 10.1. The third kappa shape index (κ3) is 4.13. The lowest BCUT2D eigenvalue weighted by molar-refractivity contribution is -0.115. The molecule has 0 heterocycles. The predicted molar refractivity (Wildman–Crippen MR) is 92.1 cm³/mol. The predicted octanol–water partition coefficient (Wildman–Crippen LogP) is 4.83. The summed E-state index contributed by atoms with van der Waals surface area (Å²) < 4.78 is 0.789. The van der Waals surface area contributed by atoms with Crippen LogP contribution in [0, 0.1) is 6.92 Å². The first-order valence-corrected chi connectivity index (χ1v) is 7.71. The molecule has 1 amide bonds. The summed E-state index contributed by atoms with van der Waals surface area (Å²) >= 11 is 15.2. The van der Waals surface area contributed by atoms with E-state index in [-0.39, 0.29) is 12.3 Å². The number of rotatable bonds is 3. The van der Waals surface area contributed by atoms with Gasteiger partial charge in [-0.3, -0.25) is 4.79 Å². The minimum absolute atomic E-state index is 0.155. The Morgan fingerprint density at radius 1 is 1.24 bits per heavy atom. The molecule has 0 aromatic heterocycles. The topological polar surface area (TPSA) is 55.1 Å². The van der Waals surface area contributed by atoms with Gasteiger partial charge in [0.2, 0.25) is 5.91 Å². The van der Waals surface area contributed by atoms with Gasteiger partial charge in [0.15, 0.2) is 0 Å². The SMILES string of the molecule is Cc1cc(Br)c(NC(=O)Cc2ccc(Cl)c(Cl)c2)cc1N. The normalized spacial score (nSPS) is 10.5. The second-order valence-corrected chi connectivity index (χ2v) is 6.33. The molecule has 2 rings (SSSR count). The van der Waals surface area contributed by atoms with Crippen molar-refractivity contribution in [1.29, 1.82) is 0 Å². The van der Waals surface area contributed by atoms with E-state index in [1.807, 2.05) is 13.0 Å². The number of carbonyl (C=O) groups is 1. The number of amides is 1. The summed E-state index contributed by atoms with van der Waals surface area (Å²) in [5, 5.41) is 3.72. The molecule has 2 aromatic rings. The minimum Gasteiger partial charge on any atom is -0.398 e. The summed E-state index contributed by atoms with van der Waals surface area (Å²) in [6.45, 7) is 1.90. The van der Waals surface area contributed by atoms with E-state index in [2.05, 4.69) is 21.2 Å². The van der Waals surface area contributed by atoms with Gasteiger partial charge in [-0.2, -0.15) is 0 Å². The number of nitrogens with two attached hydrogens (primary N) is 1. The fourth-order valence-corrected chi connectivity index (χ4v) is 2.69. The van der Waals surface area contributed by atoms with Crippen LogP contribution in [0.2, 0.25) is 10.0 Å². The van der Waals surface area contributed by atoms with Gasteiger partial charge in [0.1, 0.15) is 0 Å². The van der Waals surface area contributed by atoms with Gasteiger partial charge in [-0.1, -0.05) is 29.3 Å². The molecule has 3 N–H and O–H groups in total. The van der Waals surface area contributed by atoms with Crippen LogP contribution in [0.3, 0.4) is 0 Å². The Kier molecular flexibility index (Phi) is 5.14. The highest BCUT2D eigenvalue weighted by Crippen LogP contribution is 2.28. The molecule has 0 spiro atoms. The summed E-state index contributed by atoms with van der Waals surface area (Å²) in [7, 11) is 0. The van der Waals surface area contributed by atoms with Crippen molar-refractivity contribution in [3.05, 3.63) is 56.0 Å². The fraction of sp³-hybridized carbons (Fsp3) is 0.133. The molecule has 2 aromatic carbocycles. The van der Waals surface area contributed by atoms with Gasteiger partial charge in [0.25, 0.3) is 0 Å². The Balaban J connectivity index is 2.11. The number of hydrogen-bond donors (Lipinski definition) is 2. The zero-order chi connectivity index (χ0) is 15.6. The first kappa shape index (κ1) is 16.1. The van der Waals surface area contributed by atoms with Crippen LogP contribution >= 0.6 is 39.1 Å². The average Bonchev–Trinajstić information content (AvgIpc) is 2.40. The molecule has 0 saturated heterocycles. The Labute approximate surface area is 141 Å². The highest BCUT2D eigenvalue weighted by Gasteiger charge is 2.09. The summed E-state index contributed by atoms with van der Waals surface area (Å²) in [6, 6.07) is 8.72. The van der Waals surface area contributed by atoms with Crippen LogP contribution in [0.15, 0.2) is 34.8 Å². The van der Waals surface area contributed by atoms with Crippen molar-refractivity contribution in [1.82, 2.24) is 0 Å². The molecule has 0 aliphatic rings. The van der Waals surface area contributed by atoms with Gasteiger partial charge >= 0.3 is 0 Å². The number of aryl methyl sites for hydroxylation is 1. The van der Waals surface area contributed by atoms with E-state index in [4.69, 9.17) is 28.9 Å². The van der Waals surface area contributed by atoms with Crippen LogP contribution in [0.4, 0.5) is 11.4 Å². The summed E-state index contributed by atoms with van der Waals surface area (Å²) in [4.78, 5) is 12.1. The van der Waals surface area contributed by atoms with E-state index in [0.29, 0.717) is 21.4 Å². The summed E-state index contributed by atoms with van der Waals surface area (Å²) in [5.41, 5.74) is 8.86. The maximum atomic E-state index is 12.1. The molecule has 0 fully saturated rings. The first-order chi connectivity index (χ1) is 9.86. The monoisotopic (exact) mass is 386 g/mol. The van der Waals surface area contributed by atoms with Gasteiger partial charge in [-0.05, 0) is 58.2 Å². The van der Waals surface area contributed by atoms with Gasteiger partial charge in [0, 0.05) is 10.2 Å². The fourth-order valence-electron chi connectivity index (χ4n) is 1.81. The van der Waals surface area contributed by atoms with Crippen molar-refractivity contribution < 1.29 is 4.79 Å². The number of nitrogens with one attached hydrogen (secondary N) is 1.